The quantitative estimate of drug-likeness (QED) is 0.679. The first kappa shape index (κ1) is 9.04. The van der Waals surface area contributed by atoms with Crippen LogP contribution < -0.4 is 3.58 Å². The standard InChI is InChI=1S/C6H4F.3CH3.Sn/c7-6-4-2-1-3-5-6;;;;/h1-2,4-5H;3*1H3;. The van der Waals surface area contributed by atoms with Crippen molar-refractivity contribution in [1.82, 2.24) is 0 Å². The Morgan fingerprint density at radius 1 is 1.18 bits per heavy atom. The first-order valence-electron chi connectivity index (χ1n) is 3.76. The van der Waals surface area contributed by atoms with Crippen LogP contribution in [0.2, 0.25) is 14.8 Å². The van der Waals surface area contributed by atoms with E-state index in [4.69, 9.17) is 0 Å². The molecule has 0 aliphatic rings. The van der Waals surface area contributed by atoms with Crippen molar-refractivity contribution in [2.75, 3.05) is 0 Å². The Balaban J connectivity index is 3.06. The molecule has 0 atom stereocenters. The van der Waals surface area contributed by atoms with Gasteiger partial charge in [-0.15, -0.1) is 0 Å². The second kappa shape index (κ2) is 3.13. The molecule has 1 aromatic carbocycles. The van der Waals surface area contributed by atoms with Crippen LogP contribution in [-0.4, -0.2) is 18.4 Å². The average molecular weight is 259 g/mol. The van der Waals surface area contributed by atoms with E-state index in [1.165, 1.54) is 9.65 Å². The molecule has 0 bridgehead atoms. The van der Waals surface area contributed by atoms with E-state index in [0.717, 1.165) is 0 Å². The van der Waals surface area contributed by atoms with Gasteiger partial charge in [0.25, 0.3) is 0 Å². The summed E-state index contributed by atoms with van der Waals surface area (Å²) in [7, 11) is 0. The molecule has 0 aliphatic carbocycles. The summed E-state index contributed by atoms with van der Waals surface area (Å²) >= 11 is -2.00. The van der Waals surface area contributed by atoms with E-state index in [2.05, 4.69) is 14.8 Å². The third-order valence-electron chi connectivity index (χ3n) is 1.69. The number of halogens is 1. The van der Waals surface area contributed by atoms with Crippen molar-refractivity contribution in [3.8, 4) is 0 Å². The normalized spacial score (nSPS) is 11.6. The fraction of sp³-hybridized carbons (Fsp3) is 0.333. The molecular weight excluding hydrogens is 246 g/mol. The number of hydrogen-bond donors (Lipinski definition) is 0. The molecule has 0 aromatic heterocycles. The topological polar surface area (TPSA) is 0 Å². The molecule has 0 radical (unpaired) electrons. The van der Waals surface area contributed by atoms with E-state index in [0.29, 0.717) is 0 Å². The molecule has 0 N–H and O–H groups in total. The maximum absolute atomic E-state index is 12.7. The van der Waals surface area contributed by atoms with E-state index >= 15 is 0 Å². The molecule has 0 saturated heterocycles. The maximum atomic E-state index is 12.7. The van der Waals surface area contributed by atoms with Crippen LogP contribution in [0.15, 0.2) is 24.3 Å². The monoisotopic (exact) mass is 260 g/mol. The van der Waals surface area contributed by atoms with Gasteiger partial charge in [-0.2, -0.15) is 0 Å². The molecule has 0 nitrogen and oxygen atoms in total. The van der Waals surface area contributed by atoms with E-state index in [1.54, 1.807) is 12.1 Å². The Morgan fingerprint density at radius 2 is 1.82 bits per heavy atom. The summed E-state index contributed by atoms with van der Waals surface area (Å²) in [5, 5.41) is 0. The second-order valence-electron chi connectivity index (χ2n) is 3.76. The van der Waals surface area contributed by atoms with Gasteiger partial charge >= 0.3 is 71.2 Å². The molecular formula is C9H13FSn. The summed E-state index contributed by atoms with van der Waals surface area (Å²) in [6.45, 7) is 0. The van der Waals surface area contributed by atoms with Crippen LogP contribution >= 0.6 is 0 Å². The number of benzene rings is 1. The molecule has 2 heteroatoms. The van der Waals surface area contributed by atoms with Crippen molar-refractivity contribution in [3.05, 3.63) is 30.1 Å². The SMILES string of the molecule is [CH3][Sn]([CH3])([CH3])[c]1cccc(F)c1. The van der Waals surface area contributed by atoms with Gasteiger partial charge in [0.2, 0.25) is 0 Å². The molecule has 0 unspecified atom stereocenters. The van der Waals surface area contributed by atoms with Crippen LogP contribution in [0.1, 0.15) is 0 Å². The molecule has 1 rings (SSSR count). The predicted molar refractivity (Wildman–Crippen MR) is 49.4 cm³/mol. The molecule has 0 heterocycles. The van der Waals surface area contributed by atoms with Gasteiger partial charge in [-0.05, 0) is 0 Å². The van der Waals surface area contributed by atoms with Gasteiger partial charge in [0.05, 0.1) is 0 Å². The molecule has 1 aromatic rings. The predicted octanol–water partition coefficient (Wildman–Crippen LogP) is 2.37. The van der Waals surface area contributed by atoms with E-state index in [-0.39, 0.29) is 5.82 Å². The van der Waals surface area contributed by atoms with Gasteiger partial charge in [-0.3, -0.25) is 0 Å². The summed E-state index contributed by atoms with van der Waals surface area (Å²) in [6, 6.07) is 7.02. The zero-order chi connectivity index (χ0) is 8.48. The van der Waals surface area contributed by atoms with Crippen molar-refractivity contribution in [2.24, 2.45) is 0 Å². The van der Waals surface area contributed by atoms with Crippen LogP contribution in [0.4, 0.5) is 4.39 Å². The van der Waals surface area contributed by atoms with Crippen LogP contribution in [0.5, 0.6) is 0 Å². The van der Waals surface area contributed by atoms with Crippen molar-refractivity contribution < 1.29 is 4.39 Å². The van der Waals surface area contributed by atoms with Crippen molar-refractivity contribution in [3.63, 3.8) is 0 Å². The molecule has 0 saturated carbocycles. The van der Waals surface area contributed by atoms with Crippen LogP contribution in [-0.2, 0) is 0 Å². The average Bonchev–Trinajstić information content (AvgIpc) is 1.86. The summed E-state index contributed by atoms with van der Waals surface area (Å²) in [6.07, 6.45) is 0. The van der Waals surface area contributed by atoms with Gasteiger partial charge in [0.15, 0.2) is 0 Å². The molecule has 11 heavy (non-hydrogen) atoms. The van der Waals surface area contributed by atoms with Crippen molar-refractivity contribution in [1.29, 1.82) is 0 Å². The van der Waals surface area contributed by atoms with Gasteiger partial charge in [0.1, 0.15) is 0 Å². The van der Waals surface area contributed by atoms with Crippen LogP contribution in [0.25, 0.3) is 0 Å². The molecule has 0 aliphatic heterocycles. The first-order chi connectivity index (χ1) is 5.00. The summed E-state index contributed by atoms with van der Waals surface area (Å²) in [5.74, 6) is -0.103. The Labute approximate surface area is 71.3 Å². The van der Waals surface area contributed by atoms with Crippen LogP contribution in [0, 0.1) is 5.82 Å². The Morgan fingerprint density at radius 3 is 2.18 bits per heavy atom. The molecule has 60 valence electrons. The van der Waals surface area contributed by atoms with Crippen LogP contribution in [0.3, 0.4) is 0 Å². The molecule has 0 fully saturated rings. The molecule has 0 amide bonds. The van der Waals surface area contributed by atoms with Crippen molar-refractivity contribution in [2.45, 2.75) is 14.8 Å². The fourth-order valence-electron chi connectivity index (χ4n) is 0.955. The third kappa shape index (κ3) is 2.47. The van der Waals surface area contributed by atoms with Crippen molar-refractivity contribution >= 4 is 22.0 Å². The fourth-order valence-corrected chi connectivity index (χ4v) is 4.29. The minimum atomic E-state index is -2.00. The van der Waals surface area contributed by atoms with Gasteiger partial charge in [0, 0.05) is 0 Å². The van der Waals surface area contributed by atoms with E-state index < -0.39 is 18.4 Å². The first-order valence-corrected chi connectivity index (χ1v) is 13.7. The third-order valence-corrected chi connectivity index (χ3v) is 7.52. The molecule has 0 spiro atoms. The minimum absolute atomic E-state index is 0.103. The number of rotatable bonds is 1. The van der Waals surface area contributed by atoms with Gasteiger partial charge < -0.3 is 0 Å². The summed E-state index contributed by atoms with van der Waals surface area (Å²) in [5.41, 5.74) is 0. The zero-order valence-electron chi connectivity index (χ0n) is 7.19. The zero-order valence-corrected chi connectivity index (χ0v) is 10.0. The Bertz CT molecular complexity index is 250. The Kier molecular flexibility index (Phi) is 2.57. The Hall–Kier alpha value is -0.0513. The van der Waals surface area contributed by atoms with Gasteiger partial charge in [-0.25, -0.2) is 0 Å². The van der Waals surface area contributed by atoms with E-state index in [1.807, 2.05) is 6.07 Å². The summed E-state index contributed by atoms with van der Waals surface area (Å²) in [4.78, 5) is 6.84. The summed E-state index contributed by atoms with van der Waals surface area (Å²) < 4.78 is 14.0. The number of hydrogen-bond acceptors (Lipinski definition) is 0. The van der Waals surface area contributed by atoms with Gasteiger partial charge in [-0.1, -0.05) is 0 Å². The second-order valence-corrected chi connectivity index (χ2v) is 18.3. The van der Waals surface area contributed by atoms with E-state index in [9.17, 15) is 4.39 Å².